The van der Waals surface area contributed by atoms with Crippen LogP contribution in [0.4, 0.5) is 0 Å². The zero-order valence-corrected chi connectivity index (χ0v) is 10.6. The van der Waals surface area contributed by atoms with Crippen molar-refractivity contribution in [2.45, 2.75) is 46.3 Å². The minimum Gasteiger partial charge on any atom is -0.393 e. The van der Waals surface area contributed by atoms with Gasteiger partial charge in [0.1, 0.15) is 0 Å². The van der Waals surface area contributed by atoms with Gasteiger partial charge >= 0.3 is 0 Å². The molecular weight excluding hydrogens is 198 g/mol. The topological polar surface area (TPSA) is 32.3 Å². The van der Waals surface area contributed by atoms with Crippen LogP contribution < -0.4 is 5.32 Å². The van der Waals surface area contributed by atoms with Crippen LogP contribution in [0.25, 0.3) is 0 Å². The van der Waals surface area contributed by atoms with Gasteiger partial charge in [0.05, 0.1) is 6.10 Å². The summed E-state index contributed by atoms with van der Waals surface area (Å²) in [6.07, 6.45) is 1.73. The molecule has 16 heavy (non-hydrogen) atoms. The van der Waals surface area contributed by atoms with Crippen LogP contribution in [0.5, 0.6) is 0 Å². The summed E-state index contributed by atoms with van der Waals surface area (Å²) < 4.78 is 0. The number of aliphatic hydroxyl groups excluding tert-OH is 1. The highest BCUT2D eigenvalue weighted by molar-refractivity contribution is 5.33. The molecule has 0 saturated carbocycles. The van der Waals surface area contributed by atoms with E-state index in [0.29, 0.717) is 0 Å². The van der Waals surface area contributed by atoms with Crippen molar-refractivity contribution in [1.29, 1.82) is 0 Å². The summed E-state index contributed by atoms with van der Waals surface area (Å²) in [4.78, 5) is 0. The molecular formula is C14H23NO. The Kier molecular flexibility index (Phi) is 5.50. The number of benzene rings is 1. The summed E-state index contributed by atoms with van der Waals surface area (Å²) in [7, 11) is 0. The van der Waals surface area contributed by atoms with E-state index in [-0.39, 0.29) is 6.10 Å². The lowest BCUT2D eigenvalue weighted by Gasteiger charge is -2.11. The van der Waals surface area contributed by atoms with E-state index in [1.54, 1.807) is 0 Å². The van der Waals surface area contributed by atoms with Crippen molar-refractivity contribution >= 4 is 0 Å². The standard InChI is InChI=1S/C14H23NO/c1-11-6-4-7-12(2)14(11)10-15-9-5-8-13(3)16/h4,6-7,13,15-16H,5,8-10H2,1-3H3. The molecule has 1 aromatic rings. The van der Waals surface area contributed by atoms with Gasteiger partial charge in [0, 0.05) is 6.54 Å². The molecule has 0 aromatic heterocycles. The van der Waals surface area contributed by atoms with E-state index >= 15 is 0 Å². The van der Waals surface area contributed by atoms with Crippen molar-refractivity contribution in [3.63, 3.8) is 0 Å². The van der Waals surface area contributed by atoms with Gasteiger partial charge in [0.15, 0.2) is 0 Å². The Morgan fingerprint density at radius 2 is 1.88 bits per heavy atom. The van der Waals surface area contributed by atoms with Gasteiger partial charge in [-0.15, -0.1) is 0 Å². The first-order valence-electron chi connectivity index (χ1n) is 6.05. The normalized spacial score (nSPS) is 12.8. The fourth-order valence-electron chi connectivity index (χ4n) is 1.86. The third-order valence-corrected chi connectivity index (χ3v) is 2.92. The molecule has 0 amide bonds. The number of rotatable bonds is 6. The van der Waals surface area contributed by atoms with Crippen LogP contribution >= 0.6 is 0 Å². The second kappa shape index (κ2) is 6.66. The Labute approximate surface area is 98.7 Å². The van der Waals surface area contributed by atoms with E-state index in [0.717, 1.165) is 25.9 Å². The van der Waals surface area contributed by atoms with Crippen LogP contribution in [0, 0.1) is 13.8 Å². The van der Waals surface area contributed by atoms with Crippen LogP contribution in [0.2, 0.25) is 0 Å². The summed E-state index contributed by atoms with van der Waals surface area (Å²) in [5.74, 6) is 0. The Balaban J connectivity index is 2.32. The Bertz CT molecular complexity index is 300. The highest BCUT2D eigenvalue weighted by Gasteiger charge is 2.01. The van der Waals surface area contributed by atoms with Crippen molar-refractivity contribution in [2.75, 3.05) is 6.54 Å². The predicted molar refractivity (Wildman–Crippen MR) is 68.5 cm³/mol. The maximum absolute atomic E-state index is 9.13. The minimum atomic E-state index is -0.179. The van der Waals surface area contributed by atoms with Crippen molar-refractivity contribution in [3.8, 4) is 0 Å². The number of aliphatic hydroxyl groups is 1. The minimum absolute atomic E-state index is 0.179. The molecule has 0 spiro atoms. The maximum atomic E-state index is 9.13. The smallest absolute Gasteiger partial charge is 0.0512 e. The molecule has 0 aliphatic heterocycles. The lowest BCUT2D eigenvalue weighted by Crippen LogP contribution is -2.17. The molecule has 0 heterocycles. The summed E-state index contributed by atoms with van der Waals surface area (Å²) in [6, 6.07) is 6.40. The average Bonchev–Trinajstić information content (AvgIpc) is 2.21. The van der Waals surface area contributed by atoms with E-state index in [4.69, 9.17) is 5.11 Å². The molecule has 2 N–H and O–H groups in total. The van der Waals surface area contributed by atoms with Gasteiger partial charge in [-0.2, -0.15) is 0 Å². The average molecular weight is 221 g/mol. The molecule has 1 aromatic carbocycles. The molecule has 1 unspecified atom stereocenters. The molecule has 2 nitrogen and oxygen atoms in total. The Morgan fingerprint density at radius 1 is 1.25 bits per heavy atom. The highest BCUT2D eigenvalue weighted by Crippen LogP contribution is 2.12. The number of hydrogen-bond donors (Lipinski definition) is 2. The molecule has 0 aliphatic rings. The summed E-state index contributed by atoms with van der Waals surface area (Å²) in [5, 5.41) is 12.6. The zero-order chi connectivity index (χ0) is 12.0. The third-order valence-electron chi connectivity index (χ3n) is 2.92. The summed E-state index contributed by atoms with van der Waals surface area (Å²) in [6.45, 7) is 8.04. The van der Waals surface area contributed by atoms with E-state index in [1.807, 2.05) is 6.92 Å². The third kappa shape index (κ3) is 4.33. The molecule has 0 radical (unpaired) electrons. The largest absolute Gasteiger partial charge is 0.393 e. The Morgan fingerprint density at radius 3 is 2.44 bits per heavy atom. The lowest BCUT2D eigenvalue weighted by molar-refractivity contribution is 0.181. The fourth-order valence-corrected chi connectivity index (χ4v) is 1.86. The SMILES string of the molecule is Cc1cccc(C)c1CNCCCC(C)O. The second-order valence-electron chi connectivity index (χ2n) is 4.54. The first-order chi connectivity index (χ1) is 7.61. The molecule has 0 saturated heterocycles. The molecule has 2 heteroatoms. The van der Waals surface area contributed by atoms with Gasteiger partial charge in [-0.25, -0.2) is 0 Å². The van der Waals surface area contributed by atoms with Crippen LogP contribution in [-0.4, -0.2) is 17.8 Å². The van der Waals surface area contributed by atoms with Gasteiger partial charge in [0.25, 0.3) is 0 Å². The molecule has 0 aliphatic carbocycles. The quantitative estimate of drug-likeness (QED) is 0.724. The number of nitrogens with one attached hydrogen (secondary N) is 1. The van der Waals surface area contributed by atoms with E-state index in [9.17, 15) is 0 Å². The Hall–Kier alpha value is -0.860. The van der Waals surface area contributed by atoms with Crippen LogP contribution in [0.3, 0.4) is 0 Å². The van der Waals surface area contributed by atoms with Crippen LogP contribution in [0.15, 0.2) is 18.2 Å². The summed E-state index contributed by atoms with van der Waals surface area (Å²) >= 11 is 0. The summed E-state index contributed by atoms with van der Waals surface area (Å²) in [5.41, 5.74) is 4.10. The lowest BCUT2D eigenvalue weighted by atomic mass is 10.0. The molecule has 1 atom stereocenters. The number of aryl methyl sites for hydroxylation is 2. The van der Waals surface area contributed by atoms with E-state index in [1.165, 1.54) is 16.7 Å². The van der Waals surface area contributed by atoms with Gasteiger partial charge in [0.2, 0.25) is 0 Å². The maximum Gasteiger partial charge on any atom is 0.0512 e. The highest BCUT2D eigenvalue weighted by atomic mass is 16.3. The van der Waals surface area contributed by atoms with Crippen molar-refractivity contribution in [2.24, 2.45) is 0 Å². The first-order valence-corrected chi connectivity index (χ1v) is 6.05. The number of hydrogen-bond acceptors (Lipinski definition) is 2. The molecule has 1 rings (SSSR count). The molecule has 0 bridgehead atoms. The van der Waals surface area contributed by atoms with Crippen molar-refractivity contribution in [3.05, 3.63) is 34.9 Å². The second-order valence-corrected chi connectivity index (χ2v) is 4.54. The van der Waals surface area contributed by atoms with E-state index < -0.39 is 0 Å². The first kappa shape index (κ1) is 13.2. The predicted octanol–water partition coefficient (Wildman–Crippen LogP) is 2.55. The van der Waals surface area contributed by atoms with Crippen LogP contribution in [0.1, 0.15) is 36.5 Å². The van der Waals surface area contributed by atoms with Crippen molar-refractivity contribution < 1.29 is 5.11 Å². The van der Waals surface area contributed by atoms with Crippen molar-refractivity contribution in [1.82, 2.24) is 5.32 Å². The van der Waals surface area contributed by atoms with E-state index in [2.05, 4.69) is 37.4 Å². The van der Waals surface area contributed by atoms with Crippen LogP contribution in [-0.2, 0) is 6.54 Å². The monoisotopic (exact) mass is 221 g/mol. The van der Waals surface area contributed by atoms with Gasteiger partial charge in [-0.3, -0.25) is 0 Å². The fraction of sp³-hybridized carbons (Fsp3) is 0.571. The van der Waals surface area contributed by atoms with Gasteiger partial charge in [-0.1, -0.05) is 18.2 Å². The van der Waals surface area contributed by atoms with Gasteiger partial charge in [-0.05, 0) is 56.8 Å². The zero-order valence-electron chi connectivity index (χ0n) is 10.6. The molecule has 0 fully saturated rings. The molecule has 90 valence electrons. The van der Waals surface area contributed by atoms with Gasteiger partial charge < -0.3 is 10.4 Å².